The van der Waals surface area contributed by atoms with Gasteiger partial charge in [0.15, 0.2) is 5.78 Å². The zero-order chi connectivity index (χ0) is 11.4. The molecule has 0 heterocycles. The normalized spacial score (nSPS) is 20.3. The molecule has 0 aromatic heterocycles. The van der Waals surface area contributed by atoms with E-state index >= 15 is 0 Å². The second-order valence-corrected chi connectivity index (χ2v) is 4.34. The van der Waals surface area contributed by atoms with Crippen LogP contribution in [0.15, 0.2) is 11.4 Å². The number of nitrogens with zero attached hydrogens (tertiary/aromatic N) is 1. The molecule has 0 bridgehead atoms. The zero-order valence-electron chi connectivity index (χ0n) is 9.71. The molecule has 1 N–H and O–H groups in total. The van der Waals surface area contributed by atoms with Crippen LogP contribution in [0.1, 0.15) is 26.7 Å². The first-order valence-corrected chi connectivity index (χ1v) is 6.06. The number of thiol groups is 1. The van der Waals surface area contributed by atoms with E-state index < -0.39 is 0 Å². The Balaban J connectivity index is 2.64. The Bertz CT molecular complexity index is 276. The fourth-order valence-electron chi connectivity index (χ4n) is 1.58. The second kappa shape index (κ2) is 5.45. The Morgan fingerprint density at radius 3 is 2.67 bits per heavy atom. The number of hydrogen-bond donors (Lipinski definition) is 2. The number of nitrogens with one attached hydrogen (secondary N) is 1. The summed E-state index contributed by atoms with van der Waals surface area (Å²) in [5.41, 5.74) is 1.81. The maximum atomic E-state index is 11.6. The Labute approximate surface area is 97.3 Å². The molecule has 1 unspecified atom stereocenters. The molecule has 1 atom stereocenters. The molecule has 1 rings (SSSR count). The molecule has 0 saturated heterocycles. The number of allylic oxidation sites excluding steroid dienone is 1. The van der Waals surface area contributed by atoms with Crippen molar-refractivity contribution in [3.63, 3.8) is 0 Å². The lowest BCUT2D eigenvalue weighted by Crippen LogP contribution is -2.46. The molecule has 0 aliphatic heterocycles. The fourth-order valence-corrected chi connectivity index (χ4v) is 2.04. The summed E-state index contributed by atoms with van der Waals surface area (Å²) in [6.07, 6.45) is 2.23. The quantitative estimate of drug-likeness (QED) is 0.533. The molecule has 86 valence electrons. The van der Waals surface area contributed by atoms with Crippen LogP contribution in [0.4, 0.5) is 0 Å². The minimum atomic E-state index is -0.223. The molecule has 1 aliphatic carbocycles. The third-order valence-electron chi connectivity index (χ3n) is 2.73. The smallest absolute Gasteiger partial charge is 0.199 e. The molecule has 0 saturated carbocycles. The number of unbranched alkanes of at least 4 members (excludes halogenated alkanes) is 1. The van der Waals surface area contributed by atoms with Gasteiger partial charge in [-0.15, -0.1) is 0 Å². The minimum Gasteiger partial charge on any atom is -0.381 e. The molecule has 0 aromatic rings. The van der Waals surface area contributed by atoms with Gasteiger partial charge in [0.25, 0.3) is 0 Å². The van der Waals surface area contributed by atoms with Crippen molar-refractivity contribution >= 4 is 18.4 Å². The number of carbonyl (C=O) groups is 1. The zero-order valence-corrected chi connectivity index (χ0v) is 10.6. The number of rotatable bonds is 6. The molecule has 0 radical (unpaired) electrons. The summed E-state index contributed by atoms with van der Waals surface area (Å²) < 4.78 is 0. The van der Waals surface area contributed by atoms with E-state index in [0.717, 1.165) is 37.3 Å². The van der Waals surface area contributed by atoms with Crippen molar-refractivity contribution in [2.24, 2.45) is 0 Å². The van der Waals surface area contributed by atoms with Gasteiger partial charge in [-0.2, -0.15) is 12.6 Å². The van der Waals surface area contributed by atoms with Crippen LogP contribution in [0.2, 0.25) is 0 Å². The van der Waals surface area contributed by atoms with Crippen molar-refractivity contribution in [2.45, 2.75) is 31.9 Å². The van der Waals surface area contributed by atoms with E-state index in [4.69, 9.17) is 0 Å². The van der Waals surface area contributed by atoms with E-state index in [1.807, 2.05) is 7.05 Å². The van der Waals surface area contributed by atoms with Gasteiger partial charge in [-0.1, -0.05) is 13.3 Å². The predicted molar refractivity (Wildman–Crippen MR) is 66.0 cm³/mol. The molecule has 0 aromatic carbocycles. The van der Waals surface area contributed by atoms with Gasteiger partial charge >= 0.3 is 0 Å². The molecule has 3 nitrogen and oxygen atoms in total. The SMILES string of the molecule is CCCCNC1=C(N(C)CC)C(S)C1=O. The fraction of sp³-hybridized carbons (Fsp3) is 0.727. The van der Waals surface area contributed by atoms with Crippen LogP contribution in [0.25, 0.3) is 0 Å². The summed E-state index contributed by atoms with van der Waals surface area (Å²) in [5.74, 6) is 0.129. The largest absolute Gasteiger partial charge is 0.381 e. The van der Waals surface area contributed by atoms with Gasteiger partial charge in [-0.25, -0.2) is 0 Å². The Hall–Kier alpha value is -0.640. The molecule has 1 aliphatic rings. The Morgan fingerprint density at radius 2 is 2.13 bits per heavy atom. The molecule has 15 heavy (non-hydrogen) atoms. The summed E-state index contributed by atoms with van der Waals surface area (Å²) >= 11 is 4.28. The highest BCUT2D eigenvalue weighted by Crippen LogP contribution is 2.29. The molecule has 4 heteroatoms. The van der Waals surface area contributed by atoms with E-state index in [1.54, 1.807) is 0 Å². The van der Waals surface area contributed by atoms with Crippen LogP contribution in [-0.2, 0) is 4.79 Å². The van der Waals surface area contributed by atoms with Crippen molar-refractivity contribution in [1.29, 1.82) is 0 Å². The van der Waals surface area contributed by atoms with Crippen molar-refractivity contribution < 1.29 is 4.79 Å². The van der Waals surface area contributed by atoms with Crippen molar-refractivity contribution in [1.82, 2.24) is 10.2 Å². The third-order valence-corrected chi connectivity index (χ3v) is 3.21. The standard InChI is InChI=1S/C11H20N2OS/c1-4-6-7-12-8-9(13(3)5-2)11(15)10(8)14/h11-12,15H,4-7H2,1-3H3. The number of ketones is 1. The van der Waals surface area contributed by atoms with Crippen molar-refractivity contribution in [3.05, 3.63) is 11.4 Å². The lowest BCUT2D eigenvalue weighted by Gasteiger charge is -2.35. The highest BCUT2D eigenvalue weighted by molar-refractivity contribution is 7.82. The molecule has 0 spiro atoms. The monoisotopic (exact) mass is 228 g/mol. The lowest BCUT2D eigenvalue weighted by atomic mass is 9.96. The maximum absolute atomic E-state index is 11.6. The van der Waals surface area contributed by atoms with E-state index in [9.17, 15) is 4.79 Å². The van der Waals surface area contributed by atoms with Gasteiger partial charge in [0.1, 0.15) is 10.9 Å². The average Bonchev–Trinajstić information content (AvgIpc) is 2.26. The van der Waals surface area contributed by atoms with Gasteiger partial charge in [0, 0.05) is 20.1 Å². The first-order valence-electron chi connectivity index (χ1n) is 5.54. The van der Waals surface area contributed by atoms with Gasteiger partial charge in [-0.05, 0) is 13.3 Å². The molecular formula is C11H20N2OS. The van der Waals surface area contributed by atoms with Gasteiger partial charge in [0.2, 0.25) is 0 Å². The topological polar surface area (TPSA) is 32.3 Å². The van der Waals surface area contributed by atoms with E-state index in [2.05, 4.69) is 36.7 Å². The van der Waals surface area contributed by atoms with Crippen LogP contribution in [0.3, 0.4) is 0 Å². The minimum absolute atomic E-state index is 0.129. The van der Waals surface area contributed by atoms with Gasteiger partial charge < -0.3 is 10.2 Å². The summed E-state index contributed by atoms with van der Waals surface area (Å²) in [5, 5.41) is 2.98. The van der Waals surface area contributed by atoms with Crippen molar-refractivity contribution in [3.8, 4) is 0 Å². The Kier molecular flexibility index (Phi) is 4.51. The van der Waals surface area contributed by atoms with E-state index in [1.165, 1.54) is 0 Å². The maximum Gasteiger partial charge on any atom is 0.199 e. The summed E-state index contributed by atoms with van der Waals surface area (Å²) in [4.78, 5) is 13.6. The van der Waals surface area contributed by atoms with E-state index in [0.29, 0.717) is 0 Å². The summed E-state index contributed by atoms with van der Waals surface area (Å²) in [6.45, 7) is 5.98. The highest BCUT2D eigenvalue weighted by Gasteiger charge is 2.38. The van der Waals surface area contributed by atoms with Crippen molar-refractivity contribution in [2.75, 3.05) is 20.1 Å². The highest BCUT2D eigenvalue weighted by atomic mass is 32.1. The van der Waals surface area contributed by atoms with Crippen LogP contribution < -0.4 is 5.32 Å². The van der Waals surface area contributed by atoms with Crippen LogP contribution in [0, 0.1) is 0 Å². The number of hydrogen-bond acceptors (Lipinski definition) is 4. The molecule has 0 amide bonds. The first-order chi connectivity index (χ1) is 7.13. The number of Topliss-reactive ketones (excluding diaryl/α,β-unsaturated/α-hetero) is 1. The van der Waals surface area contributed by atoms with Crippen LogP contribution in [0.5, 0.6) is 0 Å². The molecule has 0 fully saturated rings. The lowest BCUT2D eigenvalue weighted by molar-refractivity contribution is -0.117. The second-order valence-electron chi connectivity index (χ2n) is 3.82. The van der Waals surface area contributed by atoms with Gasteiger partial charge in [0.05, 0.1) is 5.70 Å². The summed E-state index contributed by atoms with van der Waals surface area (Å²) in [7, 11) is 1.99. The van der Waals surface area contributed by atoms with E-state index in [-0.39, 0.29) is 11.0 Å². The number of carbonyl (C=O) groups excluding carboxylic acids is 1. The van der Waals surface area contributed by atoms with Crippen LogP contribution >= 0.6 is 12.6 Å². The van der Waals surface area contributed by atoms with Gasteiger partial charge in [-0.3, -0.25) is 4.79 Å². The first kappa shape index (κ1) is 12.4. The Morgan fingerprint density at radius 1 is 1.47 bits per heavy atom. The average molecular weight is 228 g/mol. The van der Waals surface area contributed by atoms with Crippen LogP contribution in [-0.4, -0.2) is 36.1 Å². The summed E-state index contributed by atoms with van der Waals surface area (Å²) in [6, 6.07) is 0. The third kappa shape index (κ3) is 2.48. The predicted octanol–water partition coefficient (Wildman–Crippen LogP) is 1.42. The molecular weight excluding hydrogens is 208 g/mol.